The lowest BCUT2D eigenvalue weighted by Gasteiger charge is -2.15. The van der Waals surface area contributed by atoms with Crippen LogP contribution >= 0.6 is 0 Å². The van der Waals surface area contributed by atoms with Crippen LogP contribution in [0.1, 0.15) is 27.6 Å². The molecule has 19 heavy (non-hydrogen) atoms. The van der Waals surface area contributed by atoms with Gasteiger partial charge >= 0.3 is 0 Å². The third-order valence-electron chi connectivity index (χ3n) is 3.02. The zero-order valence-electron chi connectivity index (χ0n) is 10.9. The number of ketones is 1. The maximum atomic E-state index is 12.6. The Bertz CT molecular complexity index is 573. The van der Waals surface area contributed by atoms with Gasteiger partial charge in [-0.05, 0) is 11.1 Å². The SMILES string of the molecule is C=Cc1ccccc1C(=O)C(OC)c1ccccc1. The molecular weight excluding hydrogens is 236 g/mol. The number of carbonyl (C=O) groups is 1. The number of Topliss-reactive ketones (excluding diaryl/α,β-unsaturated/α-hetero) is 1. The van der Waals surface area contributed by atoms with Gasteiger partial charge in [0.25, 0.3) is 0 Å². The molecule has 0 radical (unpaired) electrons. The zero-order chi connectivity index (χ0) is 13.7. The highest BCUT2D eigenvalue weighted by Crippen LogP contribution is 2.23. The lowest BCUT2D eigenvalue weighted by Crippen LogP contribution is -2.15. The largest absolute Gasteiger partial charge is 0.369 e. The second-order valence-electron chi connectivity index (χ2n) is 4.18. The third kappa shape index (κ3) is 2.80. The van der Waals surface area contributed by atoms with E-state index in [-0.39, 0.29) is 5.78 Å². The molecule has 0 N–H and O–H groups in total. The molecule has 0 heterocycles. The topological polar surface area (TPSA) is 26.3 Å². The van der Waals surface area contributed by atoms with Gasteiger partial charge in [0.2, 0.25) is 0 Å². The first kappa shape index (κ1) is 13.2. The van der Waals surface area contributed by atoms with Crippen molar-refractivity contribution >= 4 is 11.9 Å². The molecule has 0 saturated carbocycles. The molecule has 0 aliphatic carbocycles. The van der Waals surface area contributed by atoms with E-state index in [4.69, 9.17) is 4.74 Å². The van der Waals surface area contributed by atoms with Crippen molar-refractivity contribution in [2.24, 2.45) is 0 Å². The normalized spacial score (nSPS) is 11.8. The van der Waals surface area contributed by atoms with Gasteiger partial charge < -0.3 is 4.74 Å². The maximum Gasteiger partial charge on any atom is 0.196 e. The van der Waals surface area contributed by atoms with Gasteiger partial charge in [-0.25, -0.2) is 0 Å². The van der Waals surface area contributed by atoms with Gasteiger partial charge in [-0.1, -0.05) is 67.3 Å². The standard InChI is InChI=1S/C17H16O2/c1-3-13-9-7-8-12-15(13)16(18)17(19-2)14-10-5-4-6-11-14/h3-12,17H,1H2,2H3. The number of benzene rings is 2. The van der Waals surface area contributed by atoms with Crippen LogP contribution in [0, 0.1) is 0 Å². The van der Waals surface area contributed by atoms with E-state index >= 15 is 0 Å². The third-order valence-corrected chi connectivity index (χ3v) is 3.02. The van der Waals surface area contributed by atoms with Crippen LogP contribution in [-0.4, -0.2) is 12.9 Å². The van der Waals surface area contributed by atoms with Gasteiger partial charge in [0.15, 0.2) is 5.78 Å². The monoisotopic (exact) mass is 252 g/mol. The first-order chi connectivity index (χ1) is 9.27. The highest BCUT2D eigenvalue weighted by molar-refractivity contribution is 6.02. The van der Waals surface area contributed by atoms with Gasteiger partial charge in [-0.15, -0.1) is 0 Å². The maximum absolute atomic E-state index is 12.6. The van der Waals surface area contributed by atoms with Crippen LogP contribution in [0.5, 0.6) is 0 Å². The Labute approximate surface area is 113 Å². The van der Waals surface area contributed by atoms with Crippen LogP contribution < -0.4 is 0 Å². The molecule has 1 unspecified atom stereocenters. The van der Waals surface area contributed by atoms with E-state index in [0.29, 0.717) is 5.56 Å². The summed E-state index contributed by atoms with van der Waals surface area (Å²) in [6.45, 7) is 3.74. The summed E-state index contributed by atoms with van der Waals surface area (Å²) in [7, 11) is 1.55. The van der Waals surface area contributed by atoms with Crippen LogP contribution in [0.3, 0.4) is 0 Å². The summed E-state index contributed by atoms with van der Waals surface area (Å²) in [5.41, 5.74) is 2.31. The second-order valence-corrected chi connectivity index (χ2v) is 4.18. The Kier molecular flexibility index (Phi) is 4.26. The van der Waals surface area contributed by atoms with Crippen molar-refractivity contribution in [1.82, 2.24) is 0 Å². The molecule has 96 valence electrons. The minimum absolute atomic E-state index is 0.0517. The van der Waals surface area contributed by atoms with E-state index in [1.807, 2.05) is 48.5 Å². The molecule has 2 rings (SSSR count). The highest BCUT2D eigenvalue weighted by Gasteiger charge is 2.22. The van der Waals surface area contributed by atoms with E-state index in [0.717, 1.165) is 11.1 Å². The second kappa shape index (κ2) is 6.12. The Morgan fingerprint density at radius 3 is 2.37 bits per heavy atom. The number of ether oxygens (including phenoxy) is 1. The van der Waals surface area contributed by atoms with E-state index < -0.39 is 6.10 Å². The number of carbonyl (C=O) groups excluding carboxylic acids is 1. The minimum Gasteiger partial charge on any atom is -0.369 e. The first-order valence-corrected chi connectivity index (χ1v) is 6.11. The molecule has 0 spiro atoms. The van der Waals surface area contributed by atoms with Gasteiger partial charge in [0.1, 0.15) is 6.10 Å². The Morgan fingerprint density at radius 1 is 1.11 bits per heavy atom. The van der Waals surface area contributed by atoms with E-state index in [9.17, 15) is 4.79 Å². The number of rotatable bonds is 5. The fourth-order valence-corrected chi connectivity index (χ4v) is 2.06. The van der Waals surface area contributed by atoms with Gasteiger partial charge in [-0.2, -0.15) is 0 Å². The summed E-state index contributed by atoms with van der Waals surface area (Å²) in [4.78, 5) is 12.6. The molecule has 2 aromatic carbocycles. The van der Waals surface area contributed by atoms with Crippen LogP contribution in [-0.2, 0) is 4.74 Å². The summed E-state index contributed by atoms with van der Waals surface area (Å²) < 4.78 is 5.37. The predicted octanol–water partition coefficient (Wildman–Crippen LogP) is 3.90. The molecule has 0 aliphatic heterocycles. The van der Waals surface area contributed by atoms with E-state index in [1.54, 1.807) is 19.3 Å². The van der Waals surface area contributed by atoms with Crippen molar-refractivity contribution in [2.75, 3.05) is 7.11 Å². The molecule has 0 saturated heterocycles. The first-order valence-electron chi connectivity index (χ1n) is 6.11. The lowest BCUT2D eigenvalue weighted by molar-refractivity contribution is 0.0604. The van der Waals surface area contributed by atoms with Gasteiger partial charge in [0.05, 0.1) is 0 Å². The summed E-state index contributed by atoms with van der Waals surface area (Å²) in [6.07, 6.45) is 1.10. The quantitative estimate of drug-likeness (QED) is 0.754. The smallest absolute Gasteiger partial charge is 0.196 e. The van der Waals surface area contributed by atoms with Crippen molar-refractivity contribution in [3.05, 3.63) is 77.9 Å². The summed E-state index contributed by atoms with van der Waals surface area (Å²) >= 11 is 0. The van der Waals surface area contributed by atoms with Crippen molar-refractivity contribution in [2.45, 2.75) is 6.10 Å². The molecule has 1 atom stereocenters. The molecular formula is C17H16O2. The van der Waals surface area contributed by atoms with Crippen LogP contribution in [0.25, 0.3) is 6.08 Å². The van der Waals surface area contributed by atoms with Crippen molar-refractivity contribution in [3.63, 3.8) is 0 Å². The molecule has 0 aromatic heterocycles. The Hall–Kier alpha value is -2.19. The number of methoxy groups -OCH3 is 1. The van der Waals surface area contributed by atoms with E-state index in [1.165, 1.54) is 0 Å². The molecule has 2 aromatic rings. The fraction of sp³-hybridized carbons (Fsp3) is 0.118. The molecule has 0 fully saturated rings. The number of hydrogen-bond acceptors (Lipinski definition) is 2. The van der Waals surface area contributed by atoms with Crippen molar-refractivity contribution < 1.29 is 9.53 Å². The van der Waals surface area contributed by atoms with Crippen molar-refractivity contribution in [3.8, 4) is 0 Å². The molecule has 0 amide bonds. The van der Waals surface area contributed by atoms with Crippen LogP contribution in [0.2, 0.25) is 0 Å². The predicted molar refractivity (Wildman–Crippen MR) is 77.1 cm³/mol. The fourth-order valence-electron chi connectivity index (χ4n) is 2.06. The molecule has 0 bridgehead atoms. The molecule has 2 nitrogen and oxygen atoms in total. The molecule has 2 heteroatoms. The average Bonchev–Trinajstić information content (AvgIpc) is 2.49. The number of hydrogen-bond donors (Lipinski definition) is 0. The van der Waals surface area contributed by atoms with Crippen molar-refractivity contribution in [1.29, 1.82) is 0 Å². The lowest BCUT2D eigenvalue weighted by atomic mass is 9.96. The van der Waals surface area contributed by atoms with Crippen LogP contribution in [0.4, 0.5) is 0 Å². The molecule has 0 aliphatic rings. The average molecular weight is 252 g/mol. The Balaban J connectivity index is 2.39. The summed E-state index contributed by atoms with van der Waals surface area (Å²) in [5, 5.41) is 0. The van der Waals surface area contributed by atoms with Crippen LogP contribution in [0.15, 0.2) is 61.2 Å². The highest BCUT2D eigenvalue weighted by atomic mass is 16.5. The zero-order valence-corrected chi connectivity index (χ0v) is 10.9. The summed E-state index contributed by atoms with van der Waals surface area (Å²) in [5.74, 6) is -0.0517. The minimum atomic E-state index is -0.581. The Morgan fingerprint density at radius 2 is 1.74 bits per heavy atom. The van der Waals surface area contributed by atoms with E-state index in [2.05, 4.69) is 6.58 Å². The van der Waals surface area contributed by atoms with Gasteiger partial charge in [0, 0.05) is 12.7 Å². The van der Waals surface area contributed by atoms with Gasteiger partial charge in [-0.3, -0.25) is 4.79 Å². The summed E-state index contributed by atoms with van der Waals surface area (Å²) in [6, 6.07) is 16.9.